The molecule has 0 aliphatic heterocycles. The standard InChI is InChI=1S/C31H38N6O7S2/c1-6-7-21-45(38,39)34-19-20-43-30-26(44-25-12-9-8-11-24(25)42-5)27(35-29(36-30)28-32-17-10-18-33-28)37-46(40,41)23-15-13-22(14-16-23)31(2,3)4/h8-18,34H,6-7,19-21H2,1-5H3,(H,35,36,37). The summed E-state index contributed by atoms with van der Waals surface area (Å²) in [5.74, 6) is -0.0565. The lowest BCUT2D eigenvalue weighted by molar-refractivity contribution is 0.292. The molecule has 4 aromatic rings. The second kappa shape index (κ2) is 14.8. The minimum atomic E-state index is -4.21. The van der Waals surface area contributed by atoms with E-state index in [4.69, 9.17) is 14.2 Å². The van der Waals surface area contributed by atoms with Gasteiger partial charge in [-0.05, 0) is 47.7 Å². The van der Waals surface area contributed by atoms with Gasteiger partial charge in [0.15, 0.2) is 23.1 Å². The molecule has 0 bridgehead atoms. The van der Waals surface area contributed by atoms with Crippen LogP contribution in [0.15, 0.2) is 71.9 Å². The summed E-state index contributed by atoms with van der Waals surface area (Å²) < 4.78 is 74.6. The average molecular weight is 671 g/mol. The van der Waals surface area contributed by atoms with E-state index in [1.54, 1.807) is 42.5 Å². The molecule has 0 amide bonds. The maximum absolute atomic E-state index is 13.7. The van der Waals surface area contributed by atoms with Crippen molar-refractivity contribution in [2.24, 2.45) is 0 Å². The highest BCUT2D eigenvalue weighted by Gasteiger charge is 2.26. The van der Waals surface area contributed by atoms with Gasteiger partial charge in [-0.15, -0.1) is 0 Å². The molecule has 0 unspecified atom stereocenters. The number of anilines is 1. The summed E-state index contributed by atoms with van der Waals surface area (Å²) in [7, 11) is -6.27. The fraction of sp³-hybridized carbons (Fsp3) is 0.355. The molecule has 0 radical (unpaired) electrons. The molecule has 0 aliphatic carbocycles. The number of nitrogens with zero attached hydrogens (tertiary/aromatic N) is 4. The Morgan fingerprint density at radius 2 is 1.52 bits per heavy atom. The van der Waals surface area contributed by atoms with Crippen LogP contribution in [0.25, 0.3) is 11.6 Å². The summed E-state index contributed by atoms with van der Waals surface area (Å²) in [5, 5.41) is 0. The Kier molecular flexibility index (Phi) is 11.1. The quantitative estimate of drug-likeness (QED) is 0.164. The summed E-state index contributed by atoms with van der Waals surface area (Å²) in [4.78, 5) is 17.3. The normalized spacial score (nSPS) is 12.0. The van der Waals surface area contributed by atoms with Crippen molar-refractivity contribution >= 4 is 25.9 Å². The molecule has 2 aromatic carbocycles. The van der Waals surface area contributed by atoms with Crippen molar-refractivity contribution in [3.63, 3.8) is 0 Å². The molecule has 4 rings (SSSR count). The molecule has 0 atom stereocenters. The van der Waals surface area contributed by atoms with Gasteiger partial charge in [0.25, 0.3) is 15.9 Å². The van der Waals surface area contributed by atoms with Crippen LogP contribution in [0.4, 0.5) is 5.82 Å². The van der Waals surface area contributed by atoms with Crippen molar-refractivity contribution in [1.29, 1.82) is 0 Å². The third-order valence-electron chi connectivity index (χ3n) is 6.57. The number of methoxy groups -OCH3 is 1. The van der Waals surface area contributed by atoms with Crippen LogP contribution < -0.4 is 23.7 Å². The largest absolute Gasteiger partial charge is 0.493 e. The Morgan fingerprint density at radius 3 is 2.15 bits per heavy atom. The highest BCUT2D eigenvalue weighted by atomic mass is 32.2. The molecule has 13 nitrogen and oxygen atoms in total. The maximum Gasteiger partial charge on any atom is 0.263 e. The van der Waals surface area contributed by atoms with E-state index in [-0.39, 0.29) is 64.1 Å². The molecule has 246 valence electrons. The fourth-order valence-electron chi connectivity index (χ4n) is 4.09. The van der Waals surface area contributed by atoms with E-state index in [2.05, 4.69) is 29.4 Å². The number of benzene rings is 2. The molecule has 0 fully saturated rings. The molecule has 15 heteroatoms. The molecule has 0 saturated carbocycles. The molecule has 0 spiro atoms. The van der Waals surface area contributed by atoms with Gasteiger partial charge in [-0.2, -0.15) is 4.98 Å². The lowest BCUT2D eigenvalue weighted by atomic mass is 9.87. The Bertz CT molecular complexity index is 1830. The summed E-state index contributed by atoms with van der Waals surface area (Å²) in [5.41, 5.74) is 0.775. The first-order chi connectivity index (χ1) is 21.8. The van der Waals surface area contributed by atoms with E-state index >= 15 is 0 Å². The van der Waals surface area contributed by atoms with E-state index in [0.717, 1.165) is 12.0 Å². The van der Waals surface area contributed by atoms with Crippen molar-refractivity contribution in [3.05, 3.63) is 72.6 Å². The van der Waals surface area contributed by atoms with Crippen LogP contribution in [0.1, 0.15) is 46.1 Å². The van der Waals surface area contributed by atoms with Gasteiger partial charge in [0.05, 0.1) is 17.8 Å². The van der Waals surface area contributed by atoms with E-state index in [1.165, 1.54) is 31.6 Å². The maximum atomic E-state index is 13.7. The number of para-hydroxylation sites is 2. The topological polar surface area (TPSA) is 172 Å². The van der Waals surface area contributed by atoms with Crippen LogP contribution in [0.2, 0.25) is 0 Å². The Morgan fingerprint density at radius 1 is 0.848 bits per heavy atom. The number of sulfonamides is 2. The fourth-order valence-corrected chi connectivity index (χ4v) is 6.30. The van der Waals surface area contributed by atoms with Gasteiger partial charge in [0.1, 0.15) is 6.61 Å². The van der Waals surface area contributed by atoms with Crippen LogP contribution in [-0.4, -0.2) is 62.8 Å². The summed E-state index contributed by atoms with van der Waals surface area (Å²) in [6.07, 6.45) is 4.21. The minimum absolute atomic E-state index is 0.0104. The summed E-state index contributed by atoms with van der Waals surface area (Å²) >= 11 is 0. The average Bonchev–Trinajstić information content (AvgIpc) is 3.03. The first-order valence-corrected chi connectivity index (χ1v) is 17.7. The number of unbranched alkanes of at least 4 members (excludes halogenated alkanes) is 1. The van der Waals surface area contributed by atoms with Crippen LogP contribution in [0.3, 0.4) is 0 Å². The predicted molar refractivity (Wildman–Crippen MR) is 174 cm³/mol. The number of hydrogen-bond acceptors (Lipinski definition) is 11. The lowest BCUT2D eigenvalue weighted by Crippen LogP contribution is -2.30. The highest BCUT2D eigenvalue weighted by molar-refractivity contribution is 7.92. The predicted octanol–water partition coefficient (Wildman–Crippen LogP) is 4.93. The van der Waals surface area contributed by atoms with Gasteiger partial charge in [0.2, 0.25) is 21.6 Å². The van der Waals surface area contributed by atoms with Crippen LogP contribution in [0.5, 0.6) is 23.1 Å². The zero-order chi connectivity index (χ0) is 33.4. The van der Waals surface area contributed by atoms with Crippen molar-refractivity contribution in [2.45, 2.75) is 50.8 Å². The first-order valence-electron chi connectivity index (χ1n) is 14.6. The molecule has 0 aliphatic rings. The van der Waals surface area contributed by atoms with Crippen molar-refractivity contribution in [3.8, 4) is 34.8 Å². The monoisotopic (exact) mass is 670 g/mol. The number of ether oxygens (including phenoxy) is 3. The van der Waals surface area contributed by atoms with Crippen molar-refractivity contribution in [1.82, 2.24) is 24.7 Å². The van der Waals surface area contributed by atoms with Crippen molar-refractivity contribution in [2.75, 3.05) is 30.7 Å². The van der Waals surface area contributed by atoms with E-state index in [1.807, 2.05) is 27.7 Å². The SMILES string of the molecule is CCCCS(=O)(=O)NCCOc1nc(-c2ncccn2)nc(NS(=O)(=O)c2ccc(C(C)(C)C)cc2)c1Oc1ccccc1OC. The molecule has 46 heavy (non-hydrogen) atoms. The number of rotatable bonds is 15. The van der Waals surface area contributed by atoms with E-state index in [0.29, 0.717) is 12.2 Å². The van der Waals surface area contributed by atoms with Gasteiger partial charge in [0, 0.05) is 18.9 Å². The number of nitrogens with one attached hydrogen (secondary N) is 2. The van der Waals surface area contributed by atoms with Crippen molar-refractivity contribution < 1.29 is 31.0 Å². The highest BCUT2D eigenvalue weighted by Crippen LogP contribution is 2.41. The van der Waals surface area contributed by atoms with Gasteiger partial charge >= 0.3 is 0 Å². The Hall–Kier alpha value is -4.34. The third-order valence-corrected chi connectivity index (χ3v) is 9.40. The van der Waals surface area contributed by atoms with Crippen LogP contribution in [-0.2, 0) is 25.5 Å². The molecule has 2 aromatic heterocycles. The summed E-state index contributed by atoms with van der Waals surface area (Å²) in [6.45, 7) is 7.74. The zero-order valence-corrected chi connectivity index (χ0v) is 28.0. The molecular weight excluding hydrogens is 633 g/mol. The van der Waals surface area contributed by atoms with Gasteiger partial charge < -0.3 is 14.2 Å². The second-order valence-corrected chi connectivity index (χ2v) is 14.8. The smallest absolute Gasteiger partial charge is 0.263 e. The second-order valence-electron chi connectivity index (χ2n) is 11.2. The zero-order valence-electron chi connectivity index (χ0n) is 26.3. The first kappa shape index (κ1) is 34.5. The third kappa shape index (κ3) is 9.11. The van der Waals surface area contributed by atoms with Gasteiger partial charge in [-0.1, -0.05) is 58.4 Å². The van der Waals surface area contributed by atoms with Gasteiger partial charge in [-0.3, -0.25) is 4.72 Å². The van der Waals surface area contributed by atoms with Gasteiger partial charge in [-0.25, -0.2) is 36.5 Å². The number of hydrogen-bond donors (Lipinski definition) is 2. The Balaban J connectivity index is 1.79. The summed E-state index contributed by atoms with van der Waals surface area (Å²) in [6, 6.07) is 14.8. The van der Waals surface area contributed by atoms with Crippen LogP contribution in [0, 0.1) is 0 Å². The Labute approximate surface area is 269 Å². The number of aromatic nitrogens is 4. The van der Waals surface area contributed by atoms with E-state index in [9.17, 15) is 16.8 Å². The lowest BCUT2D eigenvalue weighted by Gasteiger charge is -2.20. The molecule has 2 N–H and O–H groups in total. The molecule has 2 heterocycles. The van der Waals surface area contributed by atoms with Crippen LogP contribution >= 0.6 is 0 Å². The molecule has 0 saturated heterocycles. The molecular formula is C31H38N6O7S2. The minimum Gasteiger partial charge on any atom is -0.493 e. The van der Waals surface area contributed by atoms with E-state index < -0.39 is 20.0 Å².